The number of hydrogen-bond acceptors (Lipinski definition) is 5. The molecule has 1 saturated carbocycles. The van der Waals surface area contributed by atoms with Crippen molar-refractivity contribution in [1.29, 1.82) is 0 Å². The number of aromatic nitrogens is 1. The van der Waals surface area contributed by atoms with Crippen LogP contribution in [0.15, 0.2) is 115 Å². The van der Waals surface area contributed by atoms with Gasteiger partial charge in [0.25, 0.3) is 0 Å². The normalized spacial score (nSPS) is 19.0. The molecule has 47 heavy (non-hydrogen) atoms. The average molecular weight is 628 g/mol. The van der Waals surface area contributed by atoms with Gasteiger partial charge in [0.05, 0.1) is 16.9 Å². The van der Waals surface area contributed by atoms with Crippen molar-refractivity contribution < 1.29 is 4.39 Å². The molecule has 1 spiro atoms. The van der Waals surface area contributed by atoms with Gasteiger partial charge in [-0.2, -0.15) is 0 Å². The summed E-state index contributed by atoms with van der Waals surface area (Å²) < 4.78 is 15.5. The van der Waals surface area contributed by atoms with E-state index in [0.29, 0.717) is 28.8 Å². The highest BCUT2D eigenvalue weighted by molar-refractivity contribution is 5.83. The van der Waals surface area contributed by atoms with E-state index in [1.54, 1.807) is 6.07 Å². The standard InChI is InChI=1S/C41H46FN5/c1-28-26-46(27-41(28)19-20-41)22-10-9-11-32-14-17-37-33(18-21-43-39(37)23-32)24-34-15-16-35(25-38(34)42)44-29(2)40-30(3)45(5)47(31(40)4)36-12-7-6-8-13-36/h6-8,12-18,21,23,25,28,44H,2,4,9-11,19-20,22,24,26-27H2,1,3,5H3. The summed E-state index contributed by atoms with van der Waals surface area (Å²) in [6.07, 6.45) is 8.71. The molecule has 0 radical (unpaired) electrons. The number of pyridine rings is 1. The van der Waals surface area contributed by atoms with Gasteiger partial charge in [-0.05, 0) is 110 Å². The maximum absolute atomic E-state index is 15.5. The predicted octanol–water partition coefficient (Wildman–Crippen LogP) is 9.10. The number of fused-ring (bicyclic) bond motifs is 1. The van der Waals surface area contributed by atoms with Gasteiger partial charge in [0.2, 0.25) is 0 Å². The fraction of sp³-hybridized carbons (Fsp3) is 0.341. The Balaban J connectivity index is 0.973. The van der Waals surface area contributed by atoms with Gasteiger partial charge in [0.1, 0.15) is 5.82 Å². The number of benzene rings is 3. The van der Waals surface area contributed by atoms with Crippen LogP contribution in [0.1, 0.15) is 56.2 Å². The molecule has 2 fully saturated rings. The van der Waals surface area contributed by atoms with Crippen molar-refractivity contribution >= 4 is 22.3 Å². The molecule has 6 heteroatoms. The number of para-hydroxylation sites is 1. The molecule has 2 aliphatic heterocycles. The Labute approximate surface area is 279 Å². The molecule has 0 amide bonds. The van der Waals surface area contributed by atoms with E-state index in [2.05, 4.69) is 63.5 Å². The minimum atomic E-state index is -0.247. The molecule has 0 bridgehead atoms. The third-order valence-corrected chi connectivity index (χ3v) is 10.8. The van der Waals surface area contributed by atoms with Gasteiger partial charge in [-0.15, -0.1) is 0 Å². The smallest absolute Gasteiger partial charge is 0.128 e. The molecule has 3 heterocycles. The minimum Gasteiger partial charge on any atom is -0.355 e. The second kappa shape index (κ2) is 12.6. The number of likely N-dealkylation sites (tertiary alicyclic amines) is 1. The number of hydrazine groups is 1. The van der Waals surface area contributed by atoms with Crippen molar-refractivity contribution in [2.75, 3.05) is 37.0 Å². The summed E-state index contributed by atoms with van der Waals surface area (Å²) in [5.41, 5.74) is 9.81. The number of unbranched alkanes of at least 4 members (excludes halogenated alkanes) is 1. The Bertz CT molecular complexity index is 1860. The zero-order chi connectivity index (χ0) is 32.7. The maximum atomic E-state index is 15.5. The van der Waals surface area contributed by atoms with Crippen LogP contribution in [0.5, 0.6) is 0 Å². The molecule has 3 aliphatic rings. The summed E-state index contributed by atoms with van der Waals surface area (Å²) >= 11 is 0. The monoisotopic (exact) mass is 627 g/mol. The van der Waals surface area contributed by atoms with Gasteiger partial charge in [-0.3, -0.25) is 15.0 Å². The average Bonchev–Trinajstić information content (AvgIpc) is 3.72. The van der Waals surface area contributed by atoms with Crippen molar-refractivity contribution in [1.82, 2.24) is 14.9 Å². The molecule has 1 aromatic heterocycles. The molecule has 1 saturated heterocycles. The lowest BCUT2D eigenvalue weighted by molar-refractivity contribution is 0.311. The van der Waals surface area contributed by atoms with Crippen molar-refractivity contribution in [2.45, 2.75) is 52.4 Å². The van der Waals surface area contributed by atoms with Crippen LogP contribution in [0.4, 0.5) is 15.8 Å². The van der Waals surface area contributed by atoms with Crippen LogP contribution >= 0.6 is 0 Å². The molecule has 4 aromatic rings. The summed E-state index contributed by atoms with van der Waals surface area (Å²) in [6, 6.07) is 24.1. The van der Waals surface area contributed by atoms with Crippen LogP contribution < -0.4 is 10.3 Å². The Kier molecular flexibility index (Phi) is 8.39. The quantitative estimate of drug-likeness (QED) is 0.168. The van der Waals surface area contributed by atoms with E-state index >= 15 is 4.39 Å². The number of halogens is 1. The predicted molar refractivity (Wildman–Crippen MR) is 192 cm³/mol. The second-order valence-electron chi connectivity index (χ2n) is 13.9. The molecule has 5 nitrogen and oxygen atoms in total. The van der Waals surface area contributed by atoms with E-state index in [9.17, 15) is 0 Å². The van der Waals surface area contributed by atoms with Crippen molar-refractivity contribution in [2.24, 2.45) is 11.3 Å². The first-order chi connectivity index (χ1) is 22.7. The Morgan fingerprint density at radius 1 is 1.02 bits per heavy atom. The molecule has 7 rings (SSSR count). The van der Waals surface area contributed by atoms with E-state index in [1.807, 2.05) is 68.7 Å². The molecule has 1 N–H and O–H groups in total. The second-order valence-corrected chi connectivity index (χ2v) is 13.9. The zero-order valence-electron chi connectivity index (χ0n) is 28.0. The Morgan fingerprint density at radius 3 is 2.57 bits per heavy atom. The number of aryl methyl sites for hydroxylation is 1. The van der Waals surface area contributed by atoms with E-state index < -0.39 is 0 Å². The van der Waals surface area contributed by atoms with Crippen molar-refractivity contribution in [3.05, 3.63) is 137 Å². The molecule has 1 atom stereocenters. The third kappa shape index (κ3) is 6.19. The minimum absolute atomic E-state index is 0.247. The molecular formula is C41H46FN5. The fourth-order valence-corrected chi connectivity index (χ4v) is 7.76. The highest BCUT2D eigenvalue weighted by atomic mass is 19.1. The highest BCUT2D eigenvalue weighted by Gasteiger charge is 2.52. The van der Waals surface area contributed by atoms with Crippen LogP contribution in [0.2, 0.25) is 0 Å². The van der Waals surface area contributed by atoms with Crippen LogP contribution in [0, 0.1) is 17.2 Å². The summed E-state index contributed by atoms with van der Waals surface area (Å²) in [6.45, 7) is 16.9. The number of allylic oxidation sites excluding steroid dienone is 1. The fourth-order valence-electron chi connectivity index (χ4n) is 7.76. The van der Waals surface area contributed by atoms with Gasteiger partial charge in [-0.1, -0.05) is 56.5 Å². The van der Waals surface area contributed by atoms with Crippen LogP contribution in [-0.2, 0) is 12.8 Å². The van der Waals surface area contributed by atoms with Crippen LogP contribution in [0.25, 0.3) is 10.9 Å². The summed E-state index contributed by atoms with van der Waals surface area (Å²) in [5, 5.41) is 8.53. The molecule has 3 aromatic carbocycles. The molecular weight excluding hydrogens is 581 g/mol. The topological polar surface area (TPSA) is 34.6 Å². The van der Waals surface area contributed by atoms with Crippen LogP contribution in [0.3, 0.4) is 0 Å². The number of nitrogens with one attached hydrogen (secondary N) is 1. The van der Waals surface area contributed by atoms with Crippen molar-refractivity contribution in [3.63, 3.8) is 0 Å². The van der Waals surface area contributed by atoms with Gasteiger partial charge < -0.3 is 10.2 Å². The van der Waals surface area contributed by atoms with E-state index in [4.69, 9.17) is 0 Å². The molecule has 1 unspecified atom stereocenters. The summed E-state index contributed by atoms with van der Waals surface area (Å²) in [5.74, 6) is 0.620. The third-order valence-electron chi connectivity index (χ3n) is 10.8. The summed E-state index contributed by atoms with van der Waals surface area (Å²) in [4.78, 5) is 7.36. The van der Waals surface area contributed by atoms with Gasteiger partial charge >= 0.3 is 0 Å². The van der Waals surface area contributed by atoms with Crippen molar-refractivity contribution in [3.8, 4) is 0 Å². The Morgan fingerprint density at radius 2 is 1.83 bits per heavy atom. The molecule has 242 valence electrons. The SMILES string of the molecule is C=C(Nc1ccc(Cc2ccnc3cc(CCCCN4CC(C)C5(CC5)C4)ccc23)c(F)c1)C1=C(C)N(C)N(c2ccccc2)C1=C. The number of nitrogens with zero attached hydrogens (tertiary/aromatic N) is 4. The summed E-state index contributed by atoms with van der Waals surface area (Å²) in [7, 11) is 2.00. The van der Waals surface area contributed by atoms with Gasteiger partial charge in [0.15, 0.2) is 0 Å². The van der Waals surface area contributed by atoms with E-state index in [1.165, 1.54) is 50.9 Å². The molecule has 1 aliphatic carbocycles. The van der Waals surface area contributed by atoms with E-state index in [-0.39, 0.29) is 5.82 Å². The first-order valence-electron chi connectivity index (χ1n) is 17.0. The van der Waals surface area contributed by atoms with Gasteiger partial charge in [0, 0.05) is 60.8 Å². The zero-order valence-corrected chi connectivity index (χ0v) is 28.0. The number of hydrogen-bond donors (Lipinski definition) is 1. The highest BCUT2D eigenvalue weighted by Crippen LogP contribution is 2.56. The maximum Gasteiger partial charge on any atom is 0.128 e. The lowest BCUT2D eigenvalue weighted by Crippen LogP contribution is -2.32. The number of rotatable bonds is 11. The van der Waals surface area contributed by atoms with Crippen LogP contribution in [-0.4, -0.2) is 41.6 Å². The Hall–Kier alpha value is -4.42. The first-order valence-corrected chi connectivity index (χ1v) is 17.0. The largest absolute Gasteiger partial charge is 0.355 e. The first kappa shape index (κ1) is 31.2. The lowest BCUT2D eigenvalue weighted by atomic mass is 9.95. The van der Waals surface area contributed by atoms with E-state index in [0.717, 1.165) is 51.5 Å². The lowest BCUT2D eigenvalue weighted by Gasteiger charge is -2.30. The van der Waals surface area contributed by atoms with Gasteiger partial charge in [-0.25, -0.2) is 4.39 Å². The number of anilines is 2.